The minimum Gasteiger partial charge on any atom is -0.481 e. The zero-order valence-corrected chi connectivity index (χ0v) is 10.1. The molecule has 5 atom stereocenters. The maximum absolute atomic E-state index is 11.3. The van der Waals surface area contributed by atoms with Crippen molar-refractivity contribution in [1.29, 1.82) is 0 Å². The number of rotatable bonds is 3. The third-order valence-corrected chi connectivity index (χ3v) is 4.12. The number of hydrogen-bond donors (Lipinski definition) is 3. The maximum atomic E-state index is 11.3. The van der Waals surface area contributed by atoms with Crippen LogP contribution in [-0.2, 0) is 19.1 Å². The fraction of sp³-hybridized carbons (Fsp3) is 0.667. The summed E-state index contributed by atoms with van der Waals surface area (Å²) in [5.74, 6) is -2.42. The van der Waals surface area contributed by atoms with Crippen LogP contribution in [0, 0.1) is 5.92 Å². The second-order valence-corrected chi connectivity index (χ2v) is 5.12. The number of aliphatic carboxylic acids is 2. The molecule has 3 aliphatic heterocycles. The Morgan fingerprint density at radius 1 is 1.42 bits per heavy atom. The van der Waals surface area contributed by atoms with Crippen molar-refractivity contribution in [1.82, 2.24) is 5.32 Å². The molecule has 0 bridgehead atoms. The first-order valence-electron chi connectivity index (χ1n) is 6.18. The fourth-order valence-electron chi connectivity index (χ4n) is 3.43. The molecule has 2 fully saturated rings. The first kappa shape index (κ1) is 12.6. The topological polar surface area (TPSA) is 105 Å². The number of carboxylic acid groups (broad SMARTS) is 2. The molecule has 0 radical (unpaired) electrons. The highest BCUT2D eigenvalue weighted by molar-refractivity contribution is 5.79. The van der Waals surface area contributed by atoms with E-state index in [0.717, 1.165) is 0 Å². The van der Waals surface area contributed by atoms with Crippen LogP contribution in [0.1, 0.15) is 6.42 Å². The van der Waals surface area contributed by atoms with E-state index in [9.17, 15) is 14.7 Å². The molecule has 3 rings (SSSR count). The van der Waals surface area contributed by atoms with E-state index in [1.54, 1.807) is 6.08 Å². The van der Waals surface area contributed by atoms with Crippen LogP contribution in [0.2, 0.25) is 0 Å². The summed E-state index contributed by atoms with van der Waals surface area (Å²) in [6, 6.07) is -1.02. The number of fused-ring (bicyclic) bond motifs is 3. The lowest BCUT2D eigenvalue weighted by Crippen LogP contribution is -2.52. The van der Waals surface area contributed by atoms with E-state index in [2.05, 4.69) is 5.32 Å². The number of carboxylic acids is 2. The molecule has 0 unspecified atom stereocenters. The van der Waals surface area contributed by atoms with Gasteiger partial charge in [0.1, 0.15) is 17.7 Å². The summed E-state index contributed by atoms with van der Waals surface area (Å²) in [4.78, 5) is 22.4. The van der Waals surface area contributed by atoms with Crippen LogP contribution in [0.15, 0.2) is 12.2 Å². The first-order valence-corrected chi connectivity index (χ1v) is 6.18. The molecule has 0 amide bonds. The first-order chi connectivity index (χ1) is 9.04. The van der Waals surface area contributed by atoms with Gasteiger partial charge >= 0.3 is 11.9 Å². The van der Waals surface area contributed by atoms with Crippen LogP contribution < -0.4 is 5.32 Å². The van der Waals surface area contributed by atoms with E-state index >= 15 is 0 Å². The monoisotopic (exact) mass is 269 g/mol. The van der Waals surface area contributed by atoms with Gasteiger partial charge in [0.25, 0.3) is 0 Å². The number of hydrogen-bond acceptors (Lipinski definition) is 5. The summed E-state index contributed by atoms with van der Waals surface area (Å²) >= 11 is 0. The van der Waals surface area contributed by atoms with Gasteiger partial charge in [-0.1, -0.05) is 12.2 Å². The third-order valence-electron chi connectivity index (χ3n) is 4.12. The molecule has 0 aromatic carbocycles. The van der Waals surface area contributed by atoms with Gasteiger partial charge in [-0.25, -0.2) is 0 Å². The molecular formula is C12H15NO6. The number of ether oxygens (including phenoxy) is 2. The van der Waals surface area contributed by atoms with Gasteiger partial charge in [-0.3, -0.25) is 9.59 Å². The minimum absolute atomic E-state index is 0.264. The Morgan fingerprint density at radius 2 is 2.21 bits per heavy atom. The van der Waals surface area contributed by atoms with Crippen molar-refractivity contribution < 1.29 is 29.3 Å². The van der Waals surface area contributed by atoms with Crippen LogP contribution in [0.5, 0.6) is 0 Å². The van der Waals surface area contributed by atoms with Crippen LogP contribution >= 0.6 is 0 Å². The quantitative estimate of drug-likeness (QED) is 0.577. The summed E-state index contributed by atoms with van der Waals surface area (Å²) in [6.07, 6.45) is 2.66. The maximum Gasteiger partial charge on any atom is 0.323 e. The Bertz CT molecular complexity index is 450. The molecular weight excluding hydrogens is 254 g/mol. The molecule has 0 aromatic heterocycles. The lowest BCUT2D eigenvalue weighted by atomic mass is 9.80. The highest BCUT2D eigenvalue weighted by atomic mass is 16.6. The van der Waals surface area contributed by atoms with Gasteiger partial charge in [-0.05, 0) is 0 Å². The van der Waals surface area contributed by atoms with Gasteiger partial charge < -0.3 is 25.0 Å². The average molecular weight is 269 g/mol. The highest BCUT2D eigenvalue weighted by Crippen LogP contribution is 2.47. The average Bonchev–Trinajstić information content (AvgIpc) is 2.80. The van der Waals surface area contributed by atoms with Gasteiger partial charge in [0, 0.05) is 12.5 Å². The van der Waals surface area contributed by atoms with Crippen molar-refractivity contribution in [3.63, 3.8) is 0 Å². The predicted molar refractivity (Wildman–Crippen MR) is 61.7 cm³/mol. The fourth-order valence-corrected chi connectivity index (χ4v) is 3.43. The molecule has 2 saturated heterocycles. The molecule has 0 aliphatic carbocycles. The minimum atomic E-state index is -1.23. The molecule has 0 saturated carbocycles. The summed E-state index contributed by atoms with van der Waals surface area (Å²) in [6.45, 7) is 0.834. The zero-order valence-electron chi connectivity index (χ0n) is 10.1. The smallest absolute Gasteiger partial charge is 0.323 e. The van der Waals surface area contributed by atoms with E-state index in [1.807, 2.05) is 6.08 Å². The molecule has 3 N–H and O–H groups in total. The van der Waals surface area contributed by atoms with Crippen molar-refractivity contribution in [2.75, 3.05) is 13.2 Å². The lowest BCUT2D eigenvalue weighted by Gasteiger charge is -2.30. The molecule has 3 aliphatic rings. The van der Waals surface area contributed by atoms with E-state index in [-0.39, 0.29) is 24.5 Å². The molecule has 0 aromatic rings. The SMILES string of the molecule is O=C(O)C[C@@]12O[C@H]3C=CCO[C@H]3[C@@H]1CN[C@H]2C(=O)O. The number of nitrogens with one attached hydrogen (secondary N) is 1. The summed E-state index contributed by atoms with van der Waals surface area (Å²) in [7, 11) is 0. The van der Waals surface area contributed by atoms with Crippen molar-refractivity contribution in [2.24, 2.45) is 5.92 Å². The second kappa shape index (κ2) is 4.29. The van der Waals surface area contributed by atoms with Crippen molar-refractivity contribution in [3.05, 3.63) is 12.2 Å². The summed E-state index contributed by atoms with van der Waals surface area (Å²) < 4.78 is 11.4. The van der Waals surface area contributed by atoms with Gasteiger partial charge in [0.15, 0.2) is 0 Å². The van der Waals surface area contributed by atoms with E-state index in [4.69, 9.17) is 14.6 Å². The van der Waals surface area contributed by atoms with E-state index in [1.165, 1.54) is 0 Å². The lowest BCUT2D eigenvalue weighted by molar-refractivity contribution is -0.155. The summed E-state index contributed by atoms with van der Waals surface area (Å²) in [5, 5.41) is 21.2. The highest BCUT2D eigenvalue weighted by Gasteiger charge is 2.65. The Hall–Kier alpha value is -1.44. The standard InChI is InChI=1S/C12H15NO6/c14-8(15)4-12-6(5-13-10(12)11(16)17)9-7(19-12)2-1-3-18-9/h1-2,6-7,9-10,13H,3-5H2,(H,14,15)(H,16,17)/t6-,7-,9-,10-,12+/m0/s1. The Labute approximate surface area is 109 Å². The predicted octanol–water partition coefficient (Wildman–Crippen LogP) is -0.774. The largest absolute Gasteiger partial charge is 0.481 e. The Balaban J connectivity index is 1.97. The van der Waals surface area contributed by atoms with Crippen molar-refractivity contribution in [2.45, 2.75) is 30.3 Å². The van der Waals surface area contributed by atoms with Gasteiger partial charge in [0.05, 0.1) is 19.1 Å². The van der Waals surface area contributed by atoms with Crippen LogP contribution in [0.3, 0.4) is 0 Å². The molecule has 19 heavy (non-hydrogen) atoms. The third kappa shape index (κ3) is 1.77. The molecule has 7 nitrogen and oxygen atoms in total. The van der Waals surface area contributed by atoms with Crippen molar-refractivity contribution in [3.8, 4) is 0 Å². The van der Waals surface area contributed by atoms with Gasteiger partial charge in [-0.2, -0.15) is 0 Å². The van der Waals surface area contributed by atoms with Gasteiger partial charge in [0.2, 0.25) is 0 Å². The summed E-state index contributed by atoms with van der Waals surface area (Å²) in [5.41, 5.74) is -1.23. The van der Waals surface area contributed by atoms with Crippen LogP contribution in [-0.4, -0.2) is 59.2 Å². The molecule has 104 valence electrons. The van der Waals surface area contributed by atoms with Crippen LogP contribution in [0.4, 0.5) is 0 Å². The van der Waals surface area contributed by atoms with E-state index < -0.39 is 23.6 Å². The molecule has 7 heteroatoms. The second-order valence-electron chi connectivity index (χ2n) is 5.12. The normalized spacial score (nSPS) is 43.8. The van der Waals surface area contributed by atoms with E-state index in [0.29, 0.717) is 13.2 Å². The molecule has 0 spiro atoms. The van der Waals surface area contributed by atoms with Crippen LogP contribution in [0.25, 0.3) is 0 Å². The zero-order chi connectivity index (χ0) is 13.6. The Morgan fingerprint density at radius 3 is 2.89 bits per heavy atom. The van der Waals surface area contributed by atoms with Gasteiger partial charge in [-0.15, -0.1) is 0 Å². The Kier molecular flexibility index (Phi) is 2.84. The van der Waals surface area contributed by atoms with Crippen molar-refractivity contribution >= 4 is 11.9 Å². The number of carbonyl (C=O) groups is 2. The molecule has 3 heterocycles.